The highest BCUT2D eigenvalue weighted by Crippen LogP contribution is 2.14. The van der Waals surface area contributed by atoms with E-state index in [0.717, 1.165) is 0 Å². The second-order valence-corrected chi connectivity index (χ2v) is 4.71. The highest BCUT2D eigenvalue weighted by atomic mass is 16.4. The van der Waals surface area contributed by atoms with Crippen molar-refractivity contribution in [3.05, 3.63) is 60.0 Å². The van der Waals surface area contributed by atoms with Gasteiger partial charge in [-0.3, -0.25) is 14.0 Å². The number of nitrogens with one attached hydrogen (secondary N) is 1. The molecule has 0 radical (unpaired) electrons. The summed E-state index contributed by atoms with van der Waals surface area (Å²) in [6.07, 6.45) is 3.23. The molecule has 1 amide bonds. The van der Waals surface area contributed by atoms with Crippen molar-refractivity contribution in [1.29, 1.82) is 0 Å². The van der Waals surface area contributed by atoms with Gasteiger partial charge < -0.3 is 10.4 Å². The van der Waals surface area contributed by atoms with E-state index < -0.39 is 5.97 Å². The Morgan fingerprint density at radius 2 is 1.95 bits per heavy atom. The summed E-state index contributed by atoms with van der Waals surface area (Å²) in [6.45, 7) is 0. The van der Waals surface area contributed by atoms with Gasteiger partial charge >= 0.3 is 5.97 Å². The average Bonchev–Trinajstić information content (AvgIpc) is 2.97. The van der Waals surface area contributed by atoms with E-state index in [-0.39, 0.29) is 12.3 Å². The molecule has 0 atom stereocenters. The fourth-order valence-corrected chi connectivity index (χ4v) is 2.11. The Balaban J connectivity index is 1.79. The number of hydrogen-bond acceptors (Lipinski definition) is 4. The third-order valence-corrected chi connectivity index (χ3v) is 3.14. The third-order valence-electron chi connectivity index (χ3n) is 3.14. The number of anilines is 1. The molecule has 2 N–H and O–H groups in total. The van der Waals surface area contributed by atoms with Crippen LogP contribution in [-0.4, -0.2) is 31.6 Å². The molecule has 7 nitrogen and oxygen atoms in total. The zero-order chi connectivity index (χ0) is 15.5. The summed E-state index contributed by atoms with van der Waals surface area (Å²) >= 11 is 0. The van der Waals surface area contributed by atoms with Gasteiger partial charge in [0.15, 0.2) is 5.65 Å². The lowest BCUT2D eigenvalue weighted by molar-refractivity contribution is -0.136. The molecule has 0 unspecified atom stereocenters. The number of nitrogens with zero attached hydrogens (tertiary/aromatic N) is 3. The van der Waals surface area contributed by atoms with E-state index in [1.165, 1.54) is 6.33 Å². The van der Waals surface area contributed by atoms with Crippen LogP contribution in [0.25, 0.3) is 5.65 Å². The van der Waals surface area contributed by atoms with E-state index in [4.69, 9.17) is 5.11 Å². The number of carboxylic acids is 1. The molecule has 110 valence electrons. The first-order valence-corrected chi connectivity index (χ1v) is 6.54. The topological polar surface area (TPSA) is 96.6 Å². The molecule has 7 heteroatoms. The predicted octanol–water partition coefficient (Wildman–Crippen LogP) is 1.61. The Bertz CT molecular complexity index is 839. The third kappa shape index (κ3) is 2.78. The van der Waals surface area contributed by atoms with Gasteiger partial charge in [-0.05, 0) is 29.8 Å². The number of rotatable bonds is 4. The molecule has 0 aliphatic rings. The molecule has 3 aromatic rings. The van der Waals surface area contributed by atoms with Gasteiger partial charge in [-0.25, -0.2) is 0 Å². The molecule has 0 bridgehead atoms. The van der Waals surface area contributed by atoms with Crippen LogP contribution in [0.4, 0.5) is 5.69 Å². The molecular formula is C15H12N4O3. The molecule has 0 aliphatic heterocycles. The molecule has 0 spiro atoms. The number of carbonyl (C=O) groups is 2. The maximum absolute atomic E-state index is 12.3. The molecule has 1 aromatic carbocycles. The van der Waals surface area contributed by atoms with E-state index in [1.807, 2.05) is 0 Å². The Kier molecular flexibility index (Phi) is 3.53. The number of pyridine rings is 1. The lowest BCUT2D eigenvalue weighted by Gasteiger charge is -2.06. The van der Waals surface area contributed by atoms with E-state index in [1.54, 1.807) is 47.0 Å². The molecule has 3 rings (SSSR count). The first-order valence-electron chi connectivity index (χ1n) is 6.54. The lowest BCUT2D eigenvalue weighted by atomic mass is 10.1. The average molecular weight is 296 g/mol. The van der Waals surface area contributed by atoms with Crippen molar-refractivity contribution in [3.8, 4) is 0 Å². The summed E-state index contributed by atoms with van der Waals surface area (Å²) in [6, 6.07) is 10.1. The summed E-state index contributed by atoms with van der Waals surface area (Å²) in [5.41, 5.74) is 2.14. The monoisotopic (exact) mass is 296 g/mol. The van der Waals surface area contributed by atoms with Gasteiger partial charge in [0.25, 0.3) is 5.91 Å². The second kappa shape index (κ2) is 5.65. The number of aromatic nitrogens is 3. The summed E-state index contributed by atoms with van der Waals surface area (Å²) < 4.78 is 1.66. The fraction of sp³-hybridized carbons (Fsp3) is 0.0667. The van der Waals surface area contributed by atoms with Crippen molar-refractivity contribution >= 4 is 23.2 Å². The van der Waals surface area contributed by atoms with Gasteiger partial charge in [0.05, 0.1) is 12.0 Å². The van der Waals surface area contributed by atoms with Crippen LogP contribution in [0, 0.1) is 0 Å². The number of aliphatic carboxylic acids is 1. The zero-order valence-electron chi connectivity index (χ0n) is 11.4. The van der Waals surface area contributed by atoms with Crippen LogP contribution < -0.4 is 5.32 Å². The zero-order valence-corrected chi connectivity index (χ0v) is 11.4. The standard InChI is InChI=1S/C15H12N4O3/c20-13(21)8-10-3-5-11(6-4-10)17-15(22)12-2-1-7-19-9-16-18-14(12)19/h1-7,9H,8H2,(H,17,22)(H,20,21). The number of carbonyl (C=O) groups excluding carboxylic acids is 1. The molecule has 0 fully saturated rings. The number of benzene rings is 1. The predicted molar refractivity (Wildman–Crippen MR) is 78.7 cm³/mol. The van der Waals surface area contributed by atoms with Crippen LogP contribution in [-0.2, 0) is 11.2 Å². The quantitative estimate of drug-likeness (QED) is 0.762. The second-order valence-electron chi connectivity index (χ2n) is 4.71. The number of hydrogen-bond donors (Lipinski definition) is 2. The maximum Gasteiger partial charge on any atom is 0.307 e. The van der Waals surface area contributed by atoms with Gasteiger partial charge in [-0.15, -0.1) is 10.2 Å². The van der Waals surface area contributed by atoms with Crippen molar-refractivity contribution in [1.82, 2.24) is 14.6 Å². The summed E-state index contributed by atoms with van der Waals surface area (Å²) in [5.74, 6) is -1.19. The van der Waals surface area contributed by atoms with E-state index >= 15 is 0 Å². The minimum Gasteiger partial charge on any atom is -0.481 e. The van der Waals surface area contributed by atoms with E-state index in [9.17, 15) is 9.59 Å². The SMILES string of the molecule is O=C(O)Cc1ccc(NC(=O)c2cccn3cnnc23)cc1. The molecule has 0 saturated carbocycles. The van der Waals surface area contributed by atoms with Crippen LogP contribution in [0.2, 0.25) is 0 Å². The summed E-state index contributed by atoms with van der Waals surface area (Å²) in [5, 5.41) is 19.2. The first-order chi connectivity index (χ1) is 10.6. The summed E-state index contributed by atoms with van der Waals surface area (Å²) in [4.78, 5) is 22.9. The van der Waals surface area contributed by atoms with Crippen molar-refractivity contribution in [3.63, 3.8) is 0 Å². The largest absolute Gasteiger partial charge is 0.481 e. The van der Waals surface area contributed by atoms with Gasteiger partial charge in [0.1, 0.15) is 6.33 Å². The Morgan fingerprint density at radius 3 is 2.68 bits per heavy atom. The molecule has 2 heterocycles. The maximum atomic E-state index is 12.3. The Labute approximate surface area is 125 Å². The van der Waals surface area contributed by atoms with Crippen molar-refractivity contribution in [2.45, 2.75) is 6.42 Å². The van der Waals surface area contributed by atoms with Crippen LogP contribution in [0.15, 0.2) is 48.9 Å². The van der Waals surface area contributed by atoms with Crippen LogP contribution in [0.1, 0.15) is 15.9 Å². The first kappa shape index (κ1) is 13.7. The summed E-state index contributed by atoms with van der Waals surface area (Å²) in [7, 11) is 0. The molecule has 0 aliphatic carbocycles. The lowest BCUT2D eigenvalue weighted by Crippen LogP contribution is -2.13. The highest BCUT2D eigenvalue weighted by Gasteiger charge is 2.12. The number of fused-ring (bicyclic) bond motifs is 1. The molecule has 0 saturated heterocycles. The molecular weight excluding hydrogens is 284 g/mol. The number of amides is 1. The van der Waals surface area contributed by atoms with Crippen LogP contribution in [0.5, 0.6) is 0 Å². The number of carboxylic acid groups (broad SMARTS) is 1. The van der Waals surface area contributed by atoms with Crippen LogP contribution in [0.3, 0.4) is 0 Å². The molecule has 2 aromatic heterocycles. The van der Waals surface area contributed by atoms with Gasteiger partial charge in [0.2, 0.25) is 0 Å². The van der Waals surface area contributed by atoms with Crippen LogP contribution >= 0.6 is 0 Å². The van der Waals surface area contributed by atoms with Crippen molar-refractivity contribution < 1.29 is 14.7 Å². The van der Waals surface area contributed by atoms with Gasteiger partial charge in [0, 0.05) is 11.9 Å². The van der Waals surface area contributed by atoms with Gasteiger partial charge in [-0.2, -0.15) is 0 Å². The fourth-order valence-electron chi connectivity index (χ4n) is 2.11. The minimum atomic E-state index is -0.893. The van der Waals surface area contributed by atoms with Crippen molar-refractivity contribution in [2.75, 3.05) is 5.32 Å². The minimum absolute atomic E-state index is 0.0483. The Morgan fingerprint density at radius 1 is 1.18 bits per heavy atom. The highest BCUT2D eigenvalue weighted by molar-refractivity contribution is 6.08. The normalized spacial score (nSPS) is 10.5. The van der Waals surface area contributed by atoms with E-state index in [2.05, 4.69) is 15.5 Å². The smallest absolute Gasteiger partial charge is 0.307 e. The molecule has 22 heavy (non-hydrogen) atoms. The van der Waals surface area contributed by atoms with Gasteiger partial charge in [-0.1, -0.05) is 12.1 Å². The van der Waals surface area contributed by atoms with Crippen molar-refractivity contribution in [2.24, 2.45) is 0 Å². The Hall–Kier alpha value is -3.22. The van der Waals surface area contributed by atoms with E-state index in [0.29, 0.717) is 22.5 Å².